The molecule has 1 aliphatic rings. The van der Waals surface area contributed by atoms with Crippen molar-refractivity contribution in [2.75, 3.05) is 6.61 Å². The number of benzene rings is 1. The fourth-order valence-electron chi connectivity index (χ4n) is 1.99. The number of nitrogens with zero attached hydrogens (tertiary/aromatic N) is 2. The highest BCUT2D eigenvalue weighted by molar-refractivity contribution is 6.07. The van der Waals surface area contributed by atoms with Crippen LogP contribution in [0.1, 0.15) is 25.8 Å². The molecular weight excluding hydrogens is 302 g/mol. The molecule has 0 spiro atoms. The van der Waals surface area contributed by atoms with E-state index >= 15 is 0 Å². The van der Waals surface area contributed by atoms with Crippen LogP contribution in [0.4, 0.5) is 4.79 Å². The van der Waals surface area contributed by atoms with Crippen LogP contribution in [0.3, 0.4) is 0 Å². The van der Waals surface area contributed by atoms with Crippen LogP contribution in [0.2, 0.25) is 0 Å². The Morgan fingerprint density at radius 3 is 2.74 bits per heavy atom. The molecule has 0 saturated carbocycles. The molecule has 3 amide bonds. The summed E-state index contributed by atoms with van der Waals surface area (Å²) in [4.78, 5) is 34.6. The molecule has 1 aromatic carbocycles. The minimum atomic E-state index is -1.11. The first-order valence-corrected chi connectivity index (χ1v) is 7.01. The number of ether oxygens (including phenoxy) is 1. The van der Waals surface area contributed by atoms with Gasteiger partial charge in [-0.25, -0.2) is 9.59 Å². The number of carboxylic acids is 1. The van der Waals surface area contributed by atoms with Crippen molar-refractivity contribution in [3.05, 3.63) is 29.8 Å². The molecule has 1 atom stereocenters. The zero-order chi connectivity index (χ0) is 17.0. The minimum Gasteiger partial charge on any atom is -0.481 e. The third kappa shape index (κ3) is 3.47. The zero-order valence-electron chi connectivity index (χ0n) is 12.8. The Morgan fingerprint density at radius 2 is 2.13 bits per heavy atom. The Balaban J connectivity index is 2.19. The van der Waals surface area contributed by atoms with Crippen molar-refractivity contribution < 1.29 is 24.2 Å². The van der Waals surface area contributed by atoms with E-state index in [-0.39, 0.29) is 0 Å². The number of carboxylic acid groups (broad SMARTS) is 1. The van der Waals surface area contributed by atoms with E-state index in [2.05, 4.69) is 10.4 Å². The molecule has 1 heterocycles. The molecule has 2 rings (SSSR count). The number of amides is 3. The summed E-state index contributed by atoms with van der Waals surface area (Å²) in [6.07, 6.45) is 1.73. The molecule has 23 heavy (non-hydrogen) atoms. The number of nitrogens with one attached hydrogen (secondary N) is 1. The number of hydrogen-bond donors (Lipinski definition) is 2. The van der Waals surface area contributed by atoms with Crippen molar-refractivity contribution >= 4 is 24.1 Å². The van der Waals surface area contributed by atoms with Crippen molar-refractivity contribution in [1.82, 2.24) is 10.3 Å². The van der Waals surface area contributed by atoms with Gasteiger partial charge in [0.25, 0.3) is 5.91 Å². The molecular formula is C15H17N3O5. The van der Waals surface area contributed by atoms with Gasteiger partial charge < -0.3 is 15.2 Å². The quantitative estimate of drug-likeness (QED) is 0.605. The number of rotatable bonds is 6. The molecule has 122 valence electrons. The SMILES string of the molecule is CCC1(C)NC(=O)N(N=Cc2ccccc2OCC(=O)O)C1=O. The average molecular weight is 319 g/mol. The molecule has 1 saturated heterocycles. The average Bonchev–Trinajstić information content (AvgIpc) is 2.74. The van der Waals surface area contributed by atoms with E-state index in [0.29, 0.717) is 17.7 Å². The lowest BCUT2D eigenvalue weighted by atomic mass is 10.00. The van der Waals surface area contributed by atoms with Crippen LogP contribution in [-0.2, 0) is 9.59 Å². The lowest BCUT2D eigenvalue weighted by Crippen LogP contribution is -2.42. The third-order valence-corrected chi connectivity index (χ3v) is 3.53. The van der Waals surface area contributed by atoms with Gasteiger partial charge in [0, 0.05) is 5.56 Å². The summed E-state index contributed by atoms with van der Waals surface area (Å²) < 4.78 is 5.13. The monoisotopic (exact) mass is 319 g/mol. The molecule has 1 fully saturated rings. The highest BCUT2D eigenvalue weighted by Crippen LogP contribution is 2.22. The maximum absolute atomic E-state index is 12.2. The summed E-state index contributed by atoms with van der Waals surface area (Å²) in [5.41, 5.74) is -0.507. The van der Waals surface area contributed by atoms with Gasteiger partial charge in [-0.3, -0.25) is 4.79 Å². The summed E-state index contributed by atoms with van der Waals surface area (Å²) in [6, 6.07) is 6.00. The van der Waals surface area contributed by atoms with E-state index in [9.17, 15) is 14.4 Å². The molecule has 1 unspecified atom stereocenters. The van der Waals surface area contributed by atoms with Gasteiger partial charge in [0.2, 0.25) is 0 Å². The number of hydrazone groups is 1. The number of carbonyl (C=O) groups excluding carboxylic acids is 2. The Bertz CT molecular complexity index is 673. The van der Waals surface area contributed by atoms with E-state index in [0.717, 1.165) is 5.01 Å². The second-order valence-electron chi connectivity index (χ2n) is 5.20. The number of urea groups is 1. The van der Waals surface area contributed by atoms with Gasteiger partial charge in [-0.05, 0) is 25.5 Å². The molecule has 0 aromatic heterocycles. The second kappa shape index (κ2) is 6.47. The normalized spacial score (nSPS) is 20.9. The van der Waals surface area contributed by atoms with Gasteiger partial charge in [0.15, 0.2) is 6.61 Å². The topological polar surface area (TPSA) is 108 Å². The van der Waals surface area contributed by atoms with Crippen LogP contribution in [0.5, 0.6) is 5.75 Å². The Hall–Kier alpha value is -2.90. The van der Waals surface area contributed by atoms with Gasteiger partial charge in [0.1, 0.15) is 11.3 Å². The predicted octanol–water partition coefficient (Wildman–Crippen LogP) is 1.20. The highest BCUT2D eigenvalue weighted by Gasteiger charge is 2.46. The fraction of sp³-hybridized carbons (Fsp3) is 0.333. The molecule has 1 aliphatic heterocycles. The fourth-order valence-corrected chi connectivity index (χ4v) is 1.99. The number of imide groups is 1. The first kappa shape index (κ1) is 16.5. The highest BCUT2D eigenvalue weighted by atomic mass is 16.5. The standard InChI is InChI=1S/C15H17N3O5/c1-3-15(2)13(21)18(14(22)17-15)16-8-10-6-4-5-7-11(10)23-9-12(19)20/h4-8H,3,9H2,1-2H3,(H,17,22)(H,19,20). The van der Waals surface area contributed by atoms with Crippen LogP contribution >= 0.6 is 0 Å². The molecule has 0 bridgehead atoms. The summed E-state index contributed by atoms with van der Waals surface area (Å²) in [6.45, 7) is 2.93. The van der Waals surface area contributed by atoms with Crippen molar-refractivity contribution in [2.24, 2.45) is 5.10 Å². The van der Waals surface area contributed by atoms with Gasteiger partial charge in [-0.1, -0.05) is 19.1 Å². The lowest BCUT2D eigenvalue weighted by molar-refractivity contribution is -0.139. The number of para-hydroxylation sites is 1. The lowest BCUT2D eigenvalue weighted by Gasteiger charge is -2.17. The molecule has 0 radical (unpaired) electrons. The second-order valence-corrected chi connectivity index (χ2v) is 5.20. The Labute approximate surface area is 132 Å². The zero-order valence-corrected chi connectivity index (χ0v) is 12.8. The predicted molar refractivity (Wildman–Crippen MR) is 81.2 cm³/mol. The van der Waals surface area contributed by atoms with Gasteiger partial charge in [-0.15, -0.1) is 5.01 Å². The molecule has 8 nitrogen and oxygen atoms in total. The van der Waals surface area contributed by atoms with E-state index in [1.807, 2.05) is 0 Å². The summed E-state index contributed by atoms with van der Waals surface area (Å²) in [5.74, 6) is -1.25. The van der Waals surface area contributed by atoms with Crippen molar-refractivity contribution in [1.29, 1.82) is 0 Å². The Morgan fingerprint density at radius 1 is 1.43 bits per heavy atom. The van der Waals surface area contributed by atoms with E-state index in [1.165, 1.54) is 6.21 Å². The Kier molecular flexibility index (Phi) is 4.63. The maximum Gasteiger partial charge on any atom is 0.346 e. The van der Waals surface area contributed by atoms with E-state index in [1.54, 1.807) is 38.1 Å². The maximum atomic E-state index is 12.2. The third-order valence-electron chi connectivity index (χ3n) is 3.53. The van der Waals surface area contributed by atoms with Crippen molar-refractivity contribution in [2.45, 2.75) is 25.8 Å². The van der Waals surface area contributed by atoms with Crippen LogP contribution in [0, 0.1) is 0 Å². The molecule has 8 heteroatoms. The van der Waals surface area contributed by atoms with Gasteiger partial charge in [0.05, 0.1) is 6.21 Å². The van der Waals surface area contributed by atoms with Crippen LogP contribution in [0.15, 0.2) is 29.4 Å². The molecule has 2 N–H and O–H groups in total. The smallest absolute Gasteiger partial charge is 0.346 e. The number of aliphatic carboxylic acids is 1. The minimum absolute atomic E-state index is 0.295. The van der Waals surface area contributed by atoms with Crippen molar-refractivity contribution in [3.8, 4) is 5.75 Å². The molecule has 0 aliphatic carbocycles. The first-order chi connectivity index (χ1) is 10.9. The first-order valence-electron chi connectivity index (χ1n) is 7.01. The largest absolute Gasteiger partial charge is 0.481 e. The number of carbonyl (C=O) groups is 3. The summed E-state index contributed by atoms with van der Waals surface area (Å²) in [5, 5.41) is 15.9. The van der Waals surface area contributed by atoms with E-state index < -0.39 is 30.1 Å². The van der Waals surface area contributed by atoms with Gasteiger partial charge in [-0.2, -0.15) is 5.10 Å². The van der Waals surface area contributed by atoms with Crippen LogP contribution in [0.25, 0.3) is 0 Å². The number of hydrogen-bond acceptors (Lipinski definition) is 5. The van der Waals surface area contributed by atoms with E-state index in [4.69, 9.17) is 9.84 Å². The molecule has 1 aromatic rings. The van der Waals surface area contributed by atoms with Crippen LogP contribution in [-0.4, -0.2) is 46.4 Å². The van der Waals surface area contributed by atoms with Gasteiger partial charge >= 0.3 is 12.0 Å². The summed E-state index contributed by atoms with van der Waals surface area (Å²) in [7, 11) is 0. The van der Waals surface area contributed by atoms with Crippen molar-refractivity contribution in [3.63, 3.8) is 0 Å². The van der Waals surface area contributed by atoms with Crippen LogP contribution < -0.4 is 10.1 Å². The summed E-state index contributed by atoms with van der Waals surface area (Å²) >= 11 is 0.